The molecule has 3 aromatic rings. The quantitative estimate of drug-likeness (QED) is 0.420. The SMILES string of the molecule is Cc1cc(S(=O)(=O)N2CCn3cccc3C2C(C)C(=O)NC(CN2CCN(C)CC2)c2ccccc2)c(C)cc1Cl. The number of amides is 1. The number of nitrogens with zero attached hydrogens (tertiary/aromatic N) is 4. The van der Waals surface area contributed by atoms with Crippen molar-refractivity contribution in [3.63, 3.8) is 0 Å². The van der Waals surface area contributed by atoms with E-state index in [0.29, 0.717) is 29.2 Å². The largest absolute Gasteiger partial charge is 0.349 e. The molecule has 2 aromatic carbocycles. The lowest BCUT2D eigenvalue weighted by Gasteiger charge is -2.40. The molecule has 0 bridgehead atoms. The van der Waals surface area contributed by atoms with Gasteiger partial charge in [-0.15, -0.1) is 0 Å². The summed E-state index contributed by atoms with van der Waals surface area (Å²) in [7, 11) is -1.79. The number of likely N-dealkylation sites (N-methyl/N-ethyl adjacent to an activating group) is 1. The first kappa shape index (κ1) is 29.8. The Kier molecular flexibility index (Phi) is 8.92. The van der Waals surface area contributed by atoms with Gasteiger partial charge in [0.1, 0.15) is 0 Å². The molecule has 8 nitrogen and oxygen atoms in total. The van der Waals surface area contributed by atoms with Gasteiger partial charge in [0.15, 0.2) is 0 Å². The highest BCUT2D eigenvalue weighted by molar-refractivity contribution is 7.89. The van der Waals surface area contributed by atoms with Gasteiger partial charge in [-0.1, -0.05) is 48.9 Å². The monoisotopic (exact) mass is 597 g/mol. The molecule has 220 valence electrons. The van der Waals surface area contributed by atoms with Crippen molar-refractivity contribution in [1.82, 2.24) is 24.0 Å². The van der Waals surface area contributed by atoms with E-state index in [1.54, 1.807) is 26.0 Å². The first-order valence-electron chi connectivity index (χ1n) is 14.3. The molecule has 0 spiro atoms. The van der Waals surface area contributed by atoms with Crippen LogP contribution in [0.25, 0.3) is 0 Å². The number of hydrogen-bond acceptors (Lipinski definition) is 5. The predicted octanol–water partition coefficient (Wildman–Crippen LogP) is 4.24. The summed E-state index contributed by atoms with van der Waals surface area (Å²) in [5, 5.41) is 3.84. The number of carbonyl (C=O) groups excluding carboxylic acids is 1. The molecule has 10 heteroatoms. The van der Waals surface area contributed by atoms with Gasteiger partial charge in [-0.3, -0.25) is 9.69 Å². The van der Waals surface area contributed by atoms with E-state index in [0.717, 1.165) is 37.4 Å². The summed E-state index contributed by atoms with van der Waals surface area (Å²) < 4.78 is 32.0. The maximum Gasteiger partial charge on any atom is 0.244 e. The second kappa shape index (κ2) is 12.3. The molecule has 2 aliphatic heterocycles. The van der Waals surface area contributed by atoms with Crippen LogP contribution in [0.1, 0.15) is 41.4 Å². The fourth-order valence-electron chi connectivity index (χ4n) is 5.98. The van der Waals surface area contributed by atoms with E-state index in [-0.39, 0.29) is 23.4 Å². The summed E-state index contributed by atoms with van der Waals surface area (Å²) in [5.74, 6) is -0.803. The first-order chi connectivity index (χ1) is 19.6. The Bertz CT molecular complexity index is 1480. The Hall–Kier alpha value is -2.69. The van der Waals surface area contributed by atoms with Gasteiger partial charge in [-0.2, -0.15) is 4.31 Å². The van der Waals surface area contributed by atoms with Gasteiger partial charge in [0.2, 0.25) is 15.9 Å². The maximum atomic E-state index is 14.2. The summed E-state index contributed by atoms with van der Waals surface area (Å²) in [4.78, 5) is 19.0. The number of benzene rings is 2. The molecule has 0 aliphatic carbocycles. The molecular formula is C31H40ClN5O3S. The molecule has 41 heavy (non-hydrogen) atoms. The standard InChI is InChI=1S/C31H40ClN5O3S/c1-22-20-29(23(2)19-26(22)32)41(39,40)37-18-17-36-12-8-11-28(36)30(37)24(3)31(38)33-27(25-9-6-5-7-10-25)21-35-15-13-34(4)14-16-35/h5-12,19-20,24,27,30H,13-18,21H2,1-4H3,(H,33,38). The molecule has 5 rings (SSSR count). The van der Waals surface area contributed by atoms with E-state index in [9.17, 15) is 13.2 Å². The van der Waals surface area contributed by atoms with Crippen LogP contribution in [0, 0.1) is 19.8 Å². The minimum absolute atomic E-state index is 0.170. The summed E-state index contributed by atoms with van der Waals surface area (Å²) in [6, 6.07) is 16.3. The topological polar surface area (TPSA) is 77.9 Å². The zero-order chi connectivity index (χ0) is 29.3. The molecule has 3 unspecified atom stereocenters. The number of carbonyl (C=O) groups is 1. The fourth-order valence-corrected chi connectivity index (χ4v) is 8.16. The van der Waals surface area contributed by atoms with Gasteiger partial charge in [-0.05, 0) is 61.9 Å². The van der Waals surface area contributed by atoms with Crippen LogP contribution >= 0.6 is 11.6 Å². The molecule has 1 amide bonds. The molecule has 1 aromatic heterocycles. The average molecular weight is 598 g/mol. The summed E-state index contributed by atoms with van der Waals surface area (Å²) >= 11 is 6.30. The molecule has 1 N–H and O–H groups in total. The van der Waals surface area contributed by atoms with Crippen molar-refractivity contribution in [1.29, 1.82) is 0 Å². The van der Waals surface area contributed by atoms with Crippen molar-refractivity contribution in [3.8, 4) is 0 Å². The van der Waals surface area contributed by atoms with Crippen LogP contribution in [-0.4, -0.2) is 79.3 Å². The van der Waals surface area contributed by atoms with E-state index in [4.69, 9.17) is 11.6 Å². The van der Waals surface area contributed by atoms with E-state index in [1.165, 1.54) is 4.31 Å². The normalized spacial score (nSPS) is 20.4. The van der Waals surface area contributed by atoms with Crippen LogP contribution in [0.4, 0.5) is 0 Å². The zero-order valence-corrected chi connectivity index (χ0v) is 25.8. The summed E-state index contributed by atoms with van der Waals surface area (Å²) in [5.41, 5.74) is 3.15. The Labute approximate surface area is 248 Å². The molecular weight excluding hydrogens is 558 g/mol. The molecule has 1 fully saturated rings. The lowest BCUT2D eigenvalue weighted by Crippen LogP contribution is -2.50. The lowest BCUT2D eigenvalue weighted by atomic mass is 9.95. The van der Waals surface area contributed by atoms with Crippen LogP contribution in [0.5, 0.6) is 0 Å². The number of nitrogens with one attached hydrogen (secondary N) is 1. The van der Waals surface area contributed by atoms with Crippen molar-refractivity contribution in [2.75, 3.05) is 46.3 Å². The van der Waals surface area contributed by atoms with Gasteiger partial charge < -0.3 is 14.8 Å². The molecule has 2 aliphatic rings. The third kappa shape index (κ3) is 6.24. The Morgan fingerprint density at radius 2 is 1.68 bits per heavy atom. The number of halogens is 1. The van der Waals surface area contributed by atoms with Gasteiger partial charge in [0, 0.05) is 62.7 Å². The minimum atomic E-state index is -3.92. The molecule has 3 heterocycles. The van der Waals surface area contributed by atoms with Crippen molar-refractivity contribution < 1.29 is 13.2 Å². The number of rotatable bonds is 8. The van der Waals surface area contributed by atoms with Crippen molar-refractivity contribution >= 4 is 27.5 Å². The zero-order valence-electron chi connectivity index (χ0n) is 24.3. The van der Waals surface area contributed by atoms with Crippen LogP contribution in [0.2, 0.25) is 5.02 Å². The Morgan fingerprint density at radius 1 is 0.976 bits per heavy atom. The van der Waals surface area contributed by atoms with E-state index >= 15 is 0 Å². The van der Waals surface area contributed by atoms with Crippen LogP contribution in [0.15, 0.2) is 65.7 Å². The third-order valence-electron chi connectivity index (χ3n) is 8.52. The van der Waals surface area contributed by atoms with Gasteiger partial charge in [0.25, 0.3) is 0 Å². The second-order valence-corrected chi connectivity index (χ2v) is 13.7. The third-order valence-corrected chi connectivity index (χ3v) is 11.0. The molecule has 1 saturated heterocycles. The summed E-state index contributed by atoms with van der Waals surface area (Å²) in [6.07, 6.45) is 1.95. The van der Waals surface area contributed by atoms with Crippen molar-refractivity contribution in [2.45, 2.75) is 44.3 Å². The lowest BCUT2D eigenvalue weighted by molar-refractivity contribution is -0.127. The highest BCUT2D eigenvalue weighted by Gasteiger charge is 2.42. The number of fused-ring (bicyclic) bond motifs is 1. The highest BCUT2D eigenvalue weighted by atomic mass is 35.5. The highest BCUT2D eigenvalue weighted by Crippen LogP contribution is 2.38. The van der Waals surface area contributed by atoms with Crippen LogP contribution in [0.3, 0.4) is 0 Å². The maximum absolute atomic E-state index is 14.2. The van der Waals surface area contributed by atoms with E-state index in [2.05, 4.69) is 26.7 Å². The van der Waals surface area contributed by atoms with Crippen LogP contribution in [-0.2, 0) is 21.4 Å². The summed E-state index contributed by atoms with van der Waals surface area (Å²) in [6.45, 7) is 10.7. The number of hydrogen-bond donors (Lipinski definition) is 1. The number of aryl methyl sites for hydroxylation is 2. The number of aromatic nitrogens is 1. The van der Waals surface area contributed by atoms with Crippen molar-refractivity contribution in [3.05, 3.63) is 88.2 Å². The van der Waals surface area contributed by atoms with Gasteiger partial charge in [-0.25, -0.2) is 8.42 Å². The Balaban J connectivity index is 1.45. The molecule has 0 radical (unpaired) electrons. The number of sulfonamides is 1. The van der Waals surface area contributed by atoms with Gasteiger partial charge >= 0.3 is 0 Å². The van der Waals surface area contributed by atoms with E-state index in [1.807, 2.05) is 55.6 Å². The van der Waals surface area contributed by atoms with Gasteiger partial charge in [0.05, 0.1) is 22.9 Å². The smallest absolute Gasteiger partial charge is 0.244 e. The Morgan fingerprint density at radius 3 is 2.39 bits per heavy atom. The van der Waals surface area contributed by atoms with E-state index < -0.39 is 22.0 Å². The first-order valence-corrected chi connectivity index (χ1v) is 16.1. The number of piperazine rings is 1. The predicted molar refractivity (Wildman–Crippen MR) is 162 cm³/mol. The average Bonchev–Trinajstić information content (AvgIpc) is 3.44. The molecule has 3 atom stereocenters. The molecule has 0 saturated carbocycles. The minimum Gasteiger partial charge on any atom is -0.349 e. The fraction of sp³-hybridized carbons (Fsp3) is 0.452. The van der Waals surface area contributed by atoms with Crippen molar-refractivity contribution in [2.24, 2.45) is 5.92 Å². The second-order valence-electron chi connectivity index (χ2n) is 11.4. The van der Waals surface area contributed by atoms with Crippen LogP contribution < -0.4 is 5.32 Å².